The van der Waals surface area contributed by atoms with Crippen LogP contribution in [0.25, 0.3) is 22.0 Å². The Kier molecular flexibility index (Phi) is 4.18. The minimum atomic E-state index is -0.507. The van der Waals surface area contributed by atoms with Crippen molar-refractivity contribution in [2.75, 3.05) is 0 Å². The molecule has 0 radical (unpaired) electrons. The van der Waals surface area contributed by atoms with Crippen molar-refractivity contribution in [2.24, 2.45) is 16.5 Å². The van der Waals surface area contributed by atoms with Crippen molar-refractivity contribution in [2.45, 2.75) is 6.92 Å². The van der Waals surface area contributed by atoms with E-state index in [4.69, 9.17) is 23.1 Å². The first-order valence-corrected chi connectivity index (χ1v) is 7.63. The van der Waals surface area contributed by atoms with Crippen LogP contribution in [0.3, 0.4) is 0 Å². The summed E-state index contributed by atoms with van der Waals surface area (Å²) in [6.45, 7) is 2.01. The lowest BCUT2D eigenvalue weighted by atomic mass is 9.98. The molecule has 5 nitrogen and oxygen atoms in total. The van der Waals surface area contributed by atoms with E-state index < -0.39 is 5.91 Å². The molecule has 0 aliphatic rings. The molecule has 0 bridgehead atoms. The molecule has 0 unspecified atom stereocenters. The highest BCUT2D eigenvalue weighted by Gasteiger charge is 2.13. The van der Waals surface area contributed by atoms with Gasteiger partial charge in [0, 0.05) is 28.1 Å². The second-order valence-electron chi connectivity index (χ2n) is 5.37. The number of aryl methyl sites for hydroxylation is 1. The molecule has 0 atom stereocenters. The molecule has 0 saturated heterocycles. The van der Waals surface area contributed by atoms with Gasteiger partial charge in [-0.15, -0.1) is 0 Å². The second-order valence-corrected chi connectivity index (χ2v) is 5.78. The normalized spacial score (nSPS) is 10.6. The summed E-state index contributed by atoms with van der Waals surface area (Å²) in [5.41, 5.74) is 13.7. The third-order valence-electron chi connectivity index (χ3n) is 3.72. The molecule has 0 aliphatic carbocycles. The van der Waals surface area contributed by atoms with E-state index in [1.807, 2.05) is 31.2 Å². The number of nitrogens with two attached hydrogens (primary N) is 2. The molecule has 0 aliphatic heterocycles. The van der Waals surface area contributed by atoms with Gasteiger partial charge < -0.3 is 11.5 Å². The number of hydrogen-bond acceptors (Lipinski definition) is 2. The highest BCUT2D eigenvalue weighted by Crippen LogP contribution is 2.33. The molecule has 1 heterocycles. The molecule has 0 saturated carbocycles. The summed E-state index contributed by atoms with van der Waals surface area (Å²) in [4.78, 5) is 20.1. The van der Waals surface area contributed by atoms with Crippen molar-refractivity contribution in [3.05, 3.63) is 64.8 Å². The first-order chi connectivity index (χ1) is 11.5. The highest BCUT2D eigenvalue weighted by molar-refractivity contribution is 6.35. The van der Waals surface area contributed by atoms with Gasteiger partial charge in [-0.3, -0.25) is 9.78 Å². The van der Waals surface area contributed by atoms with Crippen molar-refractivity contribution in [1.82, 2.24) is 4.98 Å². The van der Waals surface area contributed by atoms with Crippen molar-refractivity contribution in [3.8, 4) is 11.3 Å². The Bertz CT molecular complexity index is 978. The first kappa shape index (κ1) is 16.0. The topological polar surface area (TPSA) is 94.4 Å². The number of fused-ring (bicyclic) bond motifs is 1. The van der Waals surface area contributed by atoms with Crippen LogP contribution in [0.1, 0.15) is 15.9 Å². The van der Waals surface area contributed by atoms with E-state index in [-0.39, 0.29) is 5.96 Å². The number of pyridine rings is 1. The summed E-state index contributed by atoms with van der Waals surface area (Å²) in [7, 11) is 0. The van der Waals surface area contributed by atoms with E-state index >= 15 is 0 Å². The minimum Gasteiger partial charge on any atom is -0.370 e. The Hall–Kier alpha value is -2.92. The van der Waals surface area contributed by atoms with Gasteiger partial charge in [-0.05, 0) is 24.6 Å². The zero-order valence-corrected chi connectivity index (χ0v) is 13.7. The van der Waals surface area contributed by atoms with Crippen LogP contribution in [0.15, 0.2) is 53.7 Å². The van der Waals surface area contributed by atoms with Gasteiger partial charge in [0.25, 0.3) is 5.91 Å². The minimum absolute atomic E-state index is 0.275. The number of carbonyl (C=O) groups excluding carboxylic acids is 1. The fraction of sp³-hybridized carbons (Fsp3) is 0.0556. The number of nitrogens with zero attached hydrogens (tertiary/aromatic N) is 2. The van der Waals surface area contributed by atoms with E-state index in [9.17, 15) is 4.79 Å². The van der Waals surface area contributed by atoms with Crippen molar-refractivity contribution >= 4 is 34.2 Å². The average Bonchev–Trinajstić information content (AvgIpc) is 2.55. The predicted octanol–water partition coefficient (Wildman–Crippen LogP) is 3.28. The maximum Gasteiger partial charge on any atom is 0.280 e. The second kappa shape index (κ2) is 6.29. The Morgan fingerprint density at radius 2 is 1.88 bits per heavy atom. The number of amides is 1. The number of aromatic nitrogens is 1. The lowest BCUT2D eigenvalue weighted by molar-refractivity contribution is 0.100. The van der Waals surface area contributed by atoms with Crippen LogP contribution >= 0.6 is 11.6 Å². The quantitative estimate of drug-likeness (QED) is 0.553. The zero-order chi connectivity index (χ0) is 17.3. The van der Waals surface area contributed by atoms with Gasteiger partial charge in [-0.1, -0.05) is 41.9 Å². The Morgan fingerprint density at radius 1 is 1.12 bits per heavy atom. The molecule has 0 fully saturated rings. The Labute approximate surface area is 144 Å². The van der Waals surface area contributed by atoms with Crippen LogP contribution in [0, 0.1) is 6.92 Å². The zero-order valence-electron chi connectivity index (χ0n) is 13.0. The molecule has 120 valence electrons. The molecule has 3 rings (SSSR count). The van der Waals surface area contributed by atoms with Crippen molar-refractivity contribution in [3.63, 3.8) is 0 Å². The molecule has 1 amide bonds. The maximum atomic E-state index is 12.1. The number of carbonyl (C=O) groups is 1. The molecule has 0 spiro atoms. The SMILES string of the molecule is Cc1ccccc1-c1ncc(Cl)c2ccc(C(=O)N=C(N)N)cc12. The summed E-state index contributed by atoms with van der Waals surface area (Å²) < 4.78 is 0. The van der Waals surface area contributed by atoms with Gasteiger partial charge in [0.05, 0.1) is 10.7 Å². The third-order valence-corrected chi connectivity index (χ3v) is 4.02. The number of guanidine groups is 1. The molecular weight excluding hydrogens is 324 g/mol. The standard InChI is InChI=1S/C18H15ClN4O/c1-10-4-2-3-5-12(10)16-14-8-11(17(24)23-18(20)21)6-7-13(14)15(19)9-22-16/h2-9H,1H3,(H4,20,21,23,24). The van der Waals surface area contributed by atoms with Crippen molar-refractivity contribution < 1.29 is 4.79 Å². The van der Waals surface area contributed by atoms with E-state index in [0.717, 1.165) is 27.6 Å². The lowest BCUT2D eigenvalue weighted by Gasteiger charge is -2.10. The number of benzene rings is 2. The van der Waals surface area contributed by atoms with Crippen LogP contribution in [0.5, 0.6) is 0 Å². The predicted molar refractivity (Wildman–Crippen MR) is 97.1 cm³/mol. The van der Waals surface area contributed by atoms with Crippen LogP contribution in [0.2, 0.25) is 5.02 Å². The van der Waals surface area contributed by atoms with Crippen molar-refractivity contribution in [1.29, 1.82) is 0 Å². The number of hydrogen-bond donors (Lipinski definition) is 2. The number of aliphatic imine (C=N–C) groups is 1. The lowest BCUT2D eigenvalue weighted by Crippen LogP contribution is -2.24. The molecule has 4 N–H and O–H groups in total. The molecule has 6 heteroatoms. The summed E-state index contributed by atoms with van der Waals surface area (Å²) >= 11 is 6.26. The summed E-state index contributed by atoms with van der Waals surface area (Å²) in [6, 6.07) is 13.0. The number of rotatable bonds is 2. The fourth-order valence-corrected chi connectivity index (χ4v) is 2.79. The monoisotopic (exact) mass is 338 g/mol. The number of halogens is 1. The van der Waals surface area contributed by atoms with Gasteiger partial charge in [0.1, 0.15) is 0 Å². The van der Waals surface area contributed by atoms with E-state index in [0.29, 0.717) is 10.6 Å². The van der Waals surface area contributed by atoms with Gasteiger partial charge in [0.15, 0.2) is 5.96 Å². The molecule has 24 heavy (non-hydrogen) atoms. The van der Waals surface area contributed by atoms with Gasteiger partial charge in [-0.25, -0.2) is 0 Å². The van der Waals surface area contributed by atoms with Crippen LogP contribution in [0.4, 0.5) is 0 Å². The molecule has 3 aromatic rings. The molecule has 2 aromatic carbocycles. The fourth-order valence-electron chi connectivity index (χ4n) is 2.58. The first-order valence-electron chi connectivity index (χ1n) is 7.25. The molecular formula is C18H15ClN4O. The summed E-state index contributed by atoms with van der Waals surface area (Å²) in [5, 5.41) is 2.10. The van der Waals surface area contributed by atoms with Gasteiger partial charge in [0.2, 0.25) is 0 Å². The average molecular weight is 339 g/mol. The van der Waals surface area contributed by atoms with Crippen LogP contribution in [-0.2, 0) is 0 Å². The smallest absolute Gasteiger partial charge is 0.280 e. The Balaban J connectivity index is 2.27. The highest BCUT2D eigenvalue weighted by atomic mass is 35.5. The third kappa shape index (κ3) is 2.94. The van der Waals surface area contributed by atoms with Gasteiger partial charge >= 0.3 is 0 Å². The van der Waals surface area contributed by atoms with E-state index in [2.05, 4.69) is 9.98 Å². The van der Waals surface area contributed by atoms with E-state index in [1.165, 1.54) is 0 Å². The summed E-state index contributed by atoms with van der Waals surface area (Å²) in [6.07, 6.45) is 1.61. The largest absolute Gasteiger partial charge is 0.370 e. The van der Waals surface area contributed by atoms with Crippen LogP contribution < -0.4 is 11.5 Å². The summed E-state index contributed by atoms with van der Waals surface area (Å²) in [5.74, 6) is -0.781. The van der Waals surface area contributed by atoms with Crippen LogP contribution in [-0.4, -0.2) is 16.9 Å². The van der Waals surface area contributed by atoms with E-state index in [1.54, 1.807) is 24.4 Å². The van der Waals surface area contributed by atoms with Gasteiger partial charge in [-0.2, -0.15) is 4.99 Å². The maximum absolute atomic E-state index is 12.1. The molecule has 1 aromatic heterocycles. The Morgan fingerprint density at radius 3 is 2.58 bits per heavy atom.